The SMILES string of the molecule is CNNc1cc(Cl)nc(C)c1C=O. The second-order valence-corrected chi connectivity index (χ2v) is 2.87. The van der Waals surface area contributed by atoms with Gasteiger partial charge in [0.15, 0.2) is 6.29 Å². The predicted molar refractivity (Wildman–Crippen MR) is 52.1 cm³/mol. The largest absolute Gasteiger partial charge is 0.321 e. The van der Waals surface area contributed by atoms with Crippen molar-refractivity contribution < 1.29 is 4.79 Å². The molecule has 1 rings (SSSR count). The van der Waals surface area contributed by atoms with Crippen molar-refractivity contribution in [1.82, 2.24) is 10.4 Å². The fourth-order valence-corrected chi connectivity index (χ4v) is 1.27. The Labute approximate surface area is 81.3 Å². The summed E-state index contributed by atoms with van der Waals surface area (Å²) in [6, 6.07) is 1.59. The summed E-state index contributed by atoms with van der Waals surface area (Å²) in [5, 5.41) is 0.362. The second-order valence-electron chi connectivity index (χ2n) is 2.48. The highest BCUT2D eigenvalue weighted by atomic mass is 35.5. The monoisotopic (exact) mass is 199 g/mol. The van der Waals surface area contributed by atoms with E-state index in [-0.39, 0.29) is 0 Å². The van der Waals surface area contributed by atoms with Crippen LogP contribution in [0.4, 0.5) is 5.69 Å². The Kier molecular flexibility index (Phi) is 3.22. The number of nitrogens with one attached hydrogen (secondary N) is 2. The minimum absolute atomic E-state index is 0.362. The Morgan fingerprint density at radius 1 is 1.62 bits per heavy atom. The average molecular weight is 200 g/mol. The zero-order valence-corrected chi connectivity index (χ0v) is 8.14. The van der Waals surface area contributed by atoms with E-state index in [9.17, 15) is 4.79 Å². The maximum atomic E-state index is 10.7. The smallest absolute Gasteiger partial charge is 0.154 e. The summed E-state index contributed by atoms with van der Waals surface area (Å²) >= 11 is 5.72. The molecule has 1 heterocycles. The molecule has 0 aliphatic carbocycles. The van der Waals surface area contributed by atoms with Crippen molar-refractivity contribution in [3.05, 3.63) is 22.5 Å². The lowest BCUT2D eigenvalue weighted by Gasteiger charge is -2.08. The van der Waals surface area contributed by atoms with Crippen LogP contribution in [0.2, 0.25) is 5.15 Å². The maximum Gasteiger partial charge on any atom is 0.154 e. The fourth-order valence-electron chi connectivity index (χ4n) is 1.03. The fraction of sp³-hybridized carbons (Fsp3) is 0.250. The third kappa shape index (κ3) is 2.17. The number of rotatable bonds is 3. The molecule has 0 aliphatic rings. The summed E-state index contributed by atoms with van der Waals surface area (Å²) in [7, 11) is 1.71. The molecule has 0 amide bonds. The zero-order valence-electron chi connectivity index (χ0n) is 7.39. The first kappa shape index (κ1) is 9.95. The normalized spacial score (nSPS) is 9.77. The van der Waals surface area contributed by atoms with Gasteiger partial charge in [0.05, 0.1) is 16.9 Å². The summed E-state index contributed by atoms with van der Waals surface area (Å²) < 4.78 is 0. The molecule has 5 heteroatoms. The van der Waals surface area contributed by atoms with Crippen molar-refractivity contribution in [3.8, 4) is 0 Å². The maximum absolute atomic E-state index is 10.7. The lowest BCUT2D eigenvalue weighted by Crippen LogP contribution is -2.17. The van der Waals surface area contributed by atoms with Crippen molar-refractivity contribution in [2.45, 2.75) is 6.92 Å². The number of anilines is 1. The Hall–Kier alpha value is -1.13. The summed E-state index contributed by atoms with van der Waals surface area (Å²) in [4.78, 5) is 14.6. The second kappa shape index (κ2) is 4.20. The number of hydrogen-bond acceptors (Lipinski definition) is 4. The molecule has 0 bridgehead atoms. The molecule has 0 radical (unpaired) electrons. The number of carbonyl (C=O) groups is 1. The van der Waals surface area contributed by atoms with Gasteiger partial charge in [0.2, 0.25) is 0 Å². The number of aldehydes is 1. The van der Waals surface area contributed by atoms with Crippen LogP contribution >= 0.6 is 11.6 Å². The molecule has 0 atom stereocenters. The molecule has 0 aliphatic heterocycles. The average Bonchev–Trinajstić information content (AvgIpc) is 2.04. The molecular formula is C8H10ClN3O. The van der Waals surface area contributed by atoms with E-state index in [2.05, 4.69) is 15.8 Å². The summed E-state index contributed by atoms with van der Waals surface area (Å²) in [6.07, 6.45) is 0.748. The molecule has 0 saturated heterocycles. The molecule has 1 aromatic heterocycles. The van der Waals surface area contributed by atoms with Crippen LogP contribution in [0.15, 0.2) is 6.07 Å². The predicted octanol–water partition coefficient (Wildman–Crippen LogP) is 1.40. The number of aromatic nitrogens is 1. The molecule has 2 N–H and O–H groups in total. The van der Waals surface area contributed by atoms with Gasteiger partial charge in [0.1, 0.15) is 5.15 Å². The minimum atomic E-state index is 0.362. The van der Waals surface area contributed by atoms with Crippen molar-refractivity contribution in [1.29, 1.82) is 0 Å². The van der Waals surface area contributed by atoms with Gasteiger partial charge in [-0.2, -0.15) is 0 Å². The Bertz CT molecular complexity index is 327. The van der Waals surface area contributed by atoms with E-state index < -0.39 is 0 Å². The van der Waals surface area contributed by atoms with Crippen molar-refractivity contribution in [3.63, 3.8) is 0 Å². The van der Waals surface area contributed by atoms with Gasteiger partial charge in [-0.25, -0.2) is 10.4 Å². The van der Waals surface area contributed by atoms with Crippen molar-refractivity contribution in [2.75, 3.05) is 12.5 Å². The third-order valence-corrected chi connectivity index (χ3v) is 1.79. The number of halogens is 1. The topological polar surface area (TPSA) is 54.0 Å². The standard InChI is InChI=1S/C8H10ClN3O/c1-5-6(4-13)7(12-10-2)3-8(9)11-5/h3-4,10H,1-2H3,(H,11,12). The Morgan fingerprint density at radius 2 is 2.31 bits per heavy atom. The third-order valence-electron chi connectivity index (χ3n) is 1.60. The highest BCUT2D eigenvalue weighted by Gasteiger charge is 2.06. The number of nitrogens with zero attached hydrogens (tertiary/aromatic N) is 1. The van der Waals surface area contributed by atoms with Gasteiger partial charge < -0.3 is 5.43 Å². The van der Waals surface area contributed by atoms with Gasteiger partial charge in [0, 0.05) is 13.1 Å². The van der Waals surface area contributed by atoms with E-state index in [1.165, 1.54) is 0 Å². The molecular weight excluding hydrogens is 190 g/mol. The quantitative estimate of drug-likeness (QED) is 0.439. The van der Waals surface area contributed by atoms with Gasteiger partial charge in [-0.05, 0) is 6.92 Å². The molecule has 0 fully saturated rings. The van der Waals surface area contributed by atoms with E-state index in [0.717, 1.165) is 6.29 Å². The summed E-state index contributed by atoms with van der Waals surface area (Å²) in [5.41, 5.74) is 7.28. The van der Waals surface area contributed by atoms with Gasteiger partial charge in [0.25, 0.3) is 0 Å². The minimum Gasteiger partial charge on any atom is -0.321 e. The molecule has 13 heavy (non-hydrogen) atoms. The molecule has 1 aromatic rings. The van der Waals surface area contributed by atoms with Crippen molar-refractivity contribution in [2.24, 2.45) is 0 Å². The first-order valence-electron chi connectivity index (χ1n) is 3.74. The van der Waals surface area contributed by atoms with Gasteiger partial charge in [-0.1, -0.05) is 11.6 Å². The van der Waals surface area contributed by atoms with E-state index in [4.69, 9.17) is 11.6 Å². The van der Waals surface area contributed by atoms with Crippen LogP contribution in [0.25, 0.3) is 0 Å². The molecule has 0 saturated carbocycles. The lowest BCUT2D eigenvalue weighted by atomic mass is 10.2. The Balaban J connectivity index is 3.20. The Morgan fingerprint density at radius 3 is 2.85 bits per heavy atom. The van der Waals surface area contributed by atoms with Crippen LogP contribution in [0.1, 0.15) is 16.1 Å². The van der Waals surface area contributed by atoms with Crippen LogP contribution in [-0.2, 0) is 0 Å². The number of pyridine rings is 1. The number of hydrazine groups is 1. The van der Waals surface area contributed by atoms with Crippen LogP contribution in [0, 0.1) is 6.92 Å². The van der Waals surface area contributed by atoms with Gasteiger partial charge in [-0.3, -0.25) is 4.79 Å². The molecule has 70 valence electrons. The van der Waals surface area contributed by atoms with E-state index in [1.54, 1.807) is 20.0 Å². The van der Waals surface area contributed by atoms with Crippen LogP contribution < -0.4 is 10.9 Å². The van der Waals surface area contributed by atoms with E-state index in [0.29, 0.717) is 22.1 Å². The number of aryl methyl sites for hydroxylation is 1. The molecule has 0 aromatic carbocycles. The van der Waals surface area contributed by atoms with Crippen LogP contribution in [0.5, 0.6) is 0 Å². The molecule has 0 spiro atoms. The van der Waals surface area contributed by atoms with E-state index >= 15 is 0 Å². The lowest BCUT2D eigenvalue weighted by molar-refractivity contribution is 0.112. The number of hydrogen-bond donors (Lipinski definition) is 2. The van der Waals surface area contributed by atoms with Crippen molar-refractivity contribution >= 4 is 23.6 Å². The van der Waals surface area contributed by atoms with Gasteiger partial charge >= 0.3 is 0 Å². The highest BCUT2D eigenvalue weighted by Crippen LogP contribution is 2.19. The first-order chi connectivity index (χ1) is 6.19. The highest BCUT2D eigenvalue weighted by molar-refractivity contribution is 6.29. The zero-order chi connectivity index (χ0) is 9.84. The molecule has 4 nitrogen and oxygen atoms in total. The molecule has 0 unspecified atom stereocenters. The van der Waals surface area contributed by atoms with Gasteiger partial charge in [-0.15, -0.1) is 0 Å². The van der Waals surface area contributed by atoms with Crippen LogP contribution in [0.3, 0.4) is 0 Å². The summed E-state index contributed by atoms with van der Waals surface area (Å²) in [5.74, 6) is 0. The van der Waals surface area contributed by atoms with E-state index in [1.807, 2.05) is 0 Å². The summed E-state index contributed by atoms with van der Waals surface area (Å²) in [6.45, 7) is 1.73. The van der Waals surface area contributed by atoms with Crippen LogP contribution in [-0.4, -0.2) is 18.3 Å². The number of carbonyl (C=O) groups excluding carboxylic acids is 1. The first-order valence-corrected chi connectivity index (χ1v) is 4.12.